The predicted octanol–water partition coefficient (Wildman–Crippen LogP) is 2.55. The van der Waals surface area contributed by atoms with Crippen LogP contribution >= 0.6 is 0 Å². The molecule has 0 bridgehead atoms. The minimum absolute atomic E-state index is 0.128. The minimum atomic E-state index is -5.08. The van der Waals surface area contributed by atoms with Gasteiger partial charge in [-0.3, -0.25) is 0 Å². The number of aliphatic carboxylic acids is 1. The summed E-state index contributed by atoms with van der Waals surface area (Å²) in [4.78, 5) is 28.4. The number of carbonyl (C=O) groups excluding carboxylic acids is 1. The molecule has 2 amide bonds. The molecule has 0 saturated carbocycles. The summed E-state index contributed by atoms with van der Waals surface area (Å²) in [5, 5.41) is 7.12. The number of carbonyl (C=O) groups is 2. The van der Waals surface area contributed by atoms with E-state index in [0.29, 0.717) is 26.3 Å². The first kappa shape index (κ1) is 23.3. The van der Waals surface area contributed by atoms with Crippen molar-refractivity contribution in [2.75, 3.05) is 53.0 Å². The lowest BCUT2D eigenvalue weighted by molar-refractivity contribution is -0.192. The Labute approximate surface area is 179 Å². The molecule has 2 fully saturated rings. The Morgan fingerprint density at radius 2 is 1.61 bits per heavy atom. The average Bonchev–Trinajstić information content (AvgIpc) is 2.76. The van der Waals surface area contributed by atoms with Crippen molar-refractivity contribution < 1.29 is 32.6 Å². The van der Waals surface area contributed by atoms with Crippen LogP contribution in [0.4, 0.5) is 18.0 Å². The topological polar surface area (TPSA) is 73.3 Å². The van der Waals surface area contributed by atoms with Gasteiger partial charge in [0.2, 0.25) is 0 Å². The minimum Gasteiger partial charge on any atom is -0.475 e. The van der Waals surface area contributed by atoms with Crippen molar-refractivity contribution in [2.45, 2.75) is 31.0 Å². The van der Waals surface area contributed by atoms with Gasteiger partial charge in [0.05, 0.1) is 13.2 Å². The lowest BCUT2D eigenvalue weighted by atomic mass is 9.69. The second-order valence-corrected chi connectivity index (χ2v) is 8.28. The Hall–Kier alpha value is -2.33. The molecule has 0 atom stereocenters. The van der Waals surface area contributed by atoms with Gasteiger partial charge in [0.25, 0.3) is 0 Å². The number of likely N-dealkylation sites (tertiary alicyclic amines) is 1. The van der Waals surface area contributed by atoms with Crippen molar-refractivity contribution in [2.24, 2.45) is 0 Å². The monoisotopic (exact) mass is 443 g/mol. The second-order valence-electron chi connectivity index (χ2n) is 8.28. The van der Waals surface area contributed by atoms with Gasteiger partial charge in [-0.05, 0) is 44.1 Å². The number of ether oxygens (including phenoxy) is 1. The van der Waals surface area contributed by atoms with Crippen molar-refractivity contribution in [3.8, 4) is 0 Å². The number of hydrogen-bond donors (Lipinski definition) is 1. The summed E-state index contributed by atoms with van der Waals surface area (Å²) >= 11 is 0. The number of nitrogens with zero attached hydrogens (tertiary/aromatic N) is 3. The van der Waals surface area contributed by atoms with Crippen LogP contribution in [0.15, 0.2) is 24.3 Å². The molecule has 0 radical (unpaired) electrons. The molecule has 2 saturated heterocycles. The Morgan fingerprint density at radius 3 is 2.19 bits per heavy atom. The van der Waals surface area contributed by atoms with Gasteiger partial charge in [-0.25, -0.2) is 9.59 Å². The number of hydrogen-bond acceptors (Lipinski definition) is 4. The van der Waals surface area contributed by atoms with Crippen molar-refractivity contribution in [3.05, 3.63) is 35.4 Å². The molecular weight excluding hydrogens is 415 g/mol. The third-order valence-corrected chi connectivity index (χ3v) is 6.18. The maximum absolute atomic E-state index is 13.0. The van der Waals surface area contributed by atoms with Crippen LogP contribution in [0.2, 0.25) is 0 Å². The largest absolute Gasteiger partial charge is 0.490 e. The van der Waals surface area contributed by atoms with Gasteiger partial charge in [-0.15, -0.1) is 0 Å². The summed E-state index contributed by atoms with van der Waals surface area (Å²) in [6.45, 7) is 6.55. The van der Waals surface area contributed by atoms with Gasteiger partial charge in [-0.2, -0.15) is 13.2 Å². The van der Waals surface area contributed by atoms with Crippen molar-refractivity contribution in [1.29, 1.82) is 0 Å². The van der Waals surface area contributed by atoms with E-state index in [1.54, 1.807) is 0 Å². The highest BCUT2D eigenvalue weighted by atomic mass is 19.4. The highest BCUT2D eigenvalue weighted by molar-refractivity contribution is 5.75. The Morgan fingerprint density at radius 1 is 1.03 bits per heavy atom. The second kappa shape index (κ2) is 9.44. The van der Waals surface area contributed by atoms with Crippen LogP contribution in [0.25, 0.3) is 0 Å². The Bertz CT molecular complexity index is 788. The number of alkyl halides is 3. The van der Waals surface area contributed by atoms with E-state index in [2.05, 4.69) is 41.1 Å². The number of carboxylic acid groups (broad SMARTS) is 1. The highest BCUT2D eigenvalue weighted by Gasteiger charge is 2.43. The predicted molar refractivity (Wildman–Crippen MR) is 107 cm³/mol. The van der Waals surface area contributed by atoms with Crippen molar-refractivity contribution >= 4 is 12.0 Å². The summed E-state index contributed by atoms with van der Waals surface area (Å²) in [5.74, 6) is -2.76. The van der Waals surface area contributed by atoms with Gasteiger partial charge in [-0.1, -0.05) is 24.3 Å². The Kier molecular flexibility index (Phi) is 7.10. The fourth-order valence-corrected chi connectivity index (χ4v) is 4.45. The van der Waals surface area contributed by atoms with Crippen LogP contribution in [0.5, 0.6) is 0 Å². The van der Waals surface area contributed by atoms with Crippen molar-refractivity contribution in [3.63, 3.8) is 0 Å². The van der Waals surface area contributed by atoms with E-state index in [9.17, 15) is 18.0 Å². The molecule has 0 aliphatic carbocycles. The van der Waals surface area contributed by atoms with Gasteiger partial charge in [0.15, 0.2) is 0 Å². The molecule has 3 aliphatic heterocycles. The summed E-state index contributed by atoms with van der Waals surface area (Å²) < 4.78 is 37.1. The molecule has 172 valence electrons. The summed E-state index contributed by atoms with van der Waals surface area (Å²) in [6, 6.07) is 8.93. The zero-order valence-corrected chi connectivity index (χ0v) is 17.5. The average molecular weight is 443 g/mol. The number of halogens is 3. The highest BCUT2D eigenvalue weighted by Crippen LogP contribution is 2.41. The summed E-state index contributed by atoms with van der Waals surface area (Å²) in [7, 11) is 2.19. The molecule has 0 unspecified atom stereocenters. The maximum atomic E-state index is 13.0. The number of morpholine rings is 1. The van der Waals surface area contributed by atoms with E-state index >= 15 is 0 Å². The molecule has 3 heterocycles. The van der Waals surface area contributed by atoms with Crippen LogP contribution < -0.4 is 0 Å². The van der Waals surface area contributed by atoms with E-state index in [1.165, 1.54) is 11.1 Å². The first-order chi connectivity index (χ1) is 14.6. The van der Waals surface area contributed by atoms with Gasteiger partial charge in [0, 0.05) is 31.6 Å². The number of amides is 2. The van der Waals surface area contributed by atoms with E-state index in [-0.39, 0.29) is 11.4 Å². The zero-order chi connectivity index (χ0) is 22.6. The Balaban J connectivity index is 0.000000339. The molecule has 10 heteroatoms. The van der Waals surface area contributed by atoms with E-state index in [1.807, 2.05) is 4.90 Å². The van der Waals surface area contributed by atoms with Crippen LogP contribution in [0.1, 0.15) is 24.0 Å². The number of benzene rings is 1. The molecular formula is C21H28F3N3O4. The fourth-order valence-electron chi connectivity index (χ4n) is 4.45. The number of fused-ring (bicyclic) bond motifs is 2. The molecule has 7 nitrogen and oxygen atoms in total. The normalized spacial score (nSPS) is 21.2. The van der Waals surface area contributed by atoms with Gasteiger partial charge >= 0.3 is 18.2 Å². The number of carboxylic acids is 1. The van der Waals surface area contributed by atoms with E-state index < -0.39 is 12.1 Å². The standard InChI is InChI=1S/C19H27N3O2.C2HF3O2/c1-20-8-6-19(7-9-20)15-22(14-16-4-2-3-5-17(16)19)18(23)21-10-12-24-13-11-21;3-2(4,5)1(6)7/h2-5H,6-15H2,1H3;(H,6,7). The maximum Gasteiger partial charge on any atom is 0.490 e. The lowest BCUT2D eigenvalue weighted by Gasteiger charge is -2.49. The number of piperidine rings is 1. The number of urea groups is 1. The summed E-state index contributed by atoms with van der Waals surface area (Å²) in [5.41, 5.74) is 2.93. The molecule has 3 aliphatic rings. The molecule has 1 aromatic carbocycles. The van der Waals surface area contributed by atoms with Gasteiger partial charge < -0.3 is 24.5 Å². The lowest BCUT2D eigenvalue weighted by Crippen LogP contribution is -2.56. The summed E-state index contributed by atoms with van der Waals surface area (Å²) in [6.07, 6.45) is -2.82. The van der Waals surface area contributed by atoms with Crippen molar-refractivity contribution in [1.82, 2.24) is 14.7 Å². The van der Waals surface area contributed by atoms with Crippen LogP contribution in [-0.2, 0) is 21.5 Å². The first-order valence-electron chi connectivity index (χ1n) is 10.3. The molecule has 0 aromatic heterocycles. The SMILES string of the molecule is CN1CCC2(CC1)CN(C(=O)N1CCOCC1)Cc1ccccc12.O=C(O)C(F)(F)F. The van der Waals surface area contributed by atoms with Gasteiger partial charge in [0.1, 0.15) is 0 Å². The van der Waals surface area contributed by atoms with E-state index in [4.69, 9.17) is 14.6 Å². The molecule has 1 aromatic rings. The quantitative estimate of drug-likeness (QED) is 0.667. The van der Waals surface area contributed by atoms with Crippen LogP contribution in [0.3, 0.4) is 0 Å². The third-order valence-electron chi connectivity index (χ3n) is 6.18. The molecule has 1 N–H and O–H groups in total. The van der Waals surface area contributed by atoms with Crippen LogP contribution in [0, 0.1) is 0 Å². The van der Waals surface area contributed by atoms with Crippen LogP contribution in [-0.4, -0.2) is 91.0 Å². The molecule has 1 spiro atoms. The van der Waals surface area contributed by atoms with E-state index in [0.717, 1.165) is 39.0 Å². The molecule has 31 heavy (non-hydrogen) atoms. The molecule has 4 rings (SSSR count). The number of rotatable bonds is 0. The fraction of sp³-hybridized carbons (Fsp3) is 0.619. The zero-order valence-electron chi connectivity index (χ0n) is 17.5. The first-order valence-corrected chi connectivity index (χ1v) is 10.3. The smallest absolute Gasteiger partial charge is 0.475 e. The third kappa shape index (κ3) is 5.48.